The first-order chi connectivity index (χ1) is 5.68. The van der Waals surface area contributed by atoms with Crippen LogP contribution >= 0.6 is 0 Å². The molecule has 1 heteroatoms. The van der Waals surface area contributed by atoms with Gasteiger partial charge in [-0.05, 0) is 43.4 Å². The third-order valence-electron chi connectivity index (χ3n) is 5.24. The Morgan fingerprint density at radius 1 is 1.25 bits per heavy atom. The summed E-state index contributed by atoms with van der Waals surface area (Å²) in [6.07, 6.45) is 8.02. The minimum absolute atomic E-state index is 0.0602. The largest absolute Gasteiger partial charge is 0.392 e. The summed E-state index contributed by atoms with van der Waals surface area (Å²) in [5.41, 5.74) is 0.908. The molecule has 1 nitrogen and oxygen atoms in total. The maximum Gasteiger partial charge on any atom is 0.0629 e. The zero-order valence-electron chi connectivity index (χ0n) is 7.84. The highest BCUT2D eigenvalue weighted by Gasteiger charge is 2.66. The van der Waals surface area contributed by atoms with E-state index in [0.29, 0.717) is 16.7 Å². The van der Waals surface area contributed by atoms with Gasteiger partial charge in [0.2, 0.25) is 0 Å². The molecular weight excluding hydrogens is 148 g/mol. The zero-order chi connectivity index (χ0) is 8.40. The summed E-state index contributed by atoms with van der Waals surface area (Å²) >= 11 is 0. The van der Waals surface area contributed by atoms with Crippen LogP contribution in [0, 0.1) is 16.7 Å². The second kappa shape index (κ2) is 1.89. The third kappa shape index (κ3) is 0.555. The highest BCUT2D eigenvalue weighted by atomic mass is 16.3. The topological polar surface area (TPSA) is 20.2 Å². The molecule has 3 aliphatic carbocycles. The Kier molecular flexibility index (Phi) is 1.16. The predicted octanol–water partition coefficient (Wildman–Crippen LogP) is 2.34. The van der Waals surface area contributed by atoms with E-state index in [9.17, 15) is 5.11 Å². The summed E-state index contributed by atoms with van der Waals surface area (Å²) < 4.78 is 0. The van der Waals surface area contributed by atoms with Crippen molar-refractivity contribution in [1.29, 1.82) is 0 Å². The molecule has 0 radical (unpaired) electrons. The lowest BCUT2D eigenvalue weighted by Crippen LogP contribution is -2.50. The molecule has 3 fully saturated rings. The van der Waals surface area contributed by atoms with E-state index in [1.807, 2.05) is 0 Å². The van der Waals surface area contributed by atoms with Gasteiger partial charge in [-0.1, -0.05) is 13.3 Å². The van der Waals surface area contributed by atoms with Crippen LogP contribution in [0.25, 0.3) is 0 Å². The van der Waals surface area contributed by atoms with Crippen molar-refractivity contribution in [2.24, 2.45) is 16.7 Å². The fourth-order valence-electron chi connectivity index (χ4n) is 4.27. The molecule has 3 unspecified atom stereocenters. The molecule has 0 aromatic carbocycles. The van der Waals surface area contributed by atoms with Gasteiger partial charge < -0.3 is 5.11 Å². The minimum atomic E-state index is 0.0602. The van der Waals surface area contributed by atoms with Crippen molar-refractivity contribution in [2.45, 2.75) is 51.6 Å². The zero-order valence-corrected chi connectivity index (χ0v) is 7.84. The molecule has 3 rings (SSSR count). The highest BCUT2D eigenvalue weighted by Crippen LogP contribution is 2.71. The van der Waals surface area contributed by atoms with Gasteiger partial charge in [0.05, 0.1) is 6.10 Å². The van der Waals surface area contributed by atoms with Crippen molar-refractivity contribution in [1.82, 2.24) is 0 Å². The Morgan fingerprint density at radius 3 is 2.33 bits per heavy atom. The maximum atomic E-state index is 10.2. The summed E-state index contributed by atoms with van der Waals surface area (Å²) in [6, 6.07) is 0. The second-order valence-corrected chi connectivity index (χ2v) is 5.52. The molecule has 3 saturated carbocycles. The quantitative estimate of drug-likeness (QED) is 0.585. The van der Waals surface area contributed by atoms with Crippen LogP contribution in [0.3, 0.4) is 0 Å². The van der Waals surface area contributed by atoms with Crippen LogP contribution in [0.5, 0.6) is 0 Å². The molecule has 0 aliphatic heterocycles. The lowest BCUT2D eigenvalue weighted by Gasteiger charge is -2.54. The molecule has 0 aromatic rings. The van der Waals surface area contributed by atoms with Crippen molar-refractivity contribution < 1.29 is 5.11 Å². The Morgan fingerprint density at radius 2 is 2.00 bits per heavy atom. The lowest BCUT2D eigenvalue weighted by molar-refractivity contribution is -0.110. The van der Waals surface area contributed by atoms with Gasteiger partial charge in [-0.25, -0.2) is 0 Å². The van der Waals surface area contributed by atoms with E-state index in [4.69, 9.17) is 0 Å². The number of aliphatic hydroxyl groups is 1. The van der Waals surface area contributed by atoms with Gasteiger partial charge in [-0.15, -0.1) is 0 Å². The van der Waals surface area contributed by atoms with E-state index < -0.39 is 0 Å². The predicted molar refractivity (Wildman–Crippen MR) is 47.7 cm³/mol. The van der Waals surface area contributed by atoms with Crippen LogP contribution in [0.1, 0.15) is 45.4 Å². The Labute approximate surface area is 74.2 Å². The minimum Gasteiger partial charge on any atom is -0.392 e. The number of fused-ring (bicyclic) bond motifs is 3. The fraction of sp³-hybridized carbons (Fsp3) is 1.00. The molecule has 1 spiro atoms. The Bertz CT molecular complexity index is 219. The summed E-state index contributed by atoms with van der Waals surface area (Å²) in [7, 11) is 0. The molecule has 1 N–H and O–H groups in total. The van der Waals surface area contributed by atoms with Gasteiger partial charge in [0.15, 0.2) is 0 Å². The normalized spacial score (nSPS) is 54.5. The van der Waals surface area contributed by atoms with E-state index in [1.54, 1.807) is 0 Å². The average Bonchev–Trinajstić information content (AvgIpc) is 2.37. The first-order valence-corrected chi connectivity index (χ1v) is 5.36. The number of aliphatic hydroxyl groups excluding tert-OH is 1. The third-order valence-corrected chi connectivity index (χ3v) is 5.24. The number of rotatable bonds is 0. The smallest absolute Gasteiger partial charge is 0.0629 e. The Hall–Kier alpha value is -0.0400. The SMILES string of the molecule is CC12CCC(C1)C(O)C21CCC1. The van der Waals surface area contributed by atoms with Gasteiger partial charge in [-0.3, -0.25) is 0 Å². The molecule has 68 valence electrons. The molecule has 2 bridgehead atoms. The molecular formula is C11H18O. The van der Waals surface area contributed by atoms with Crippen LogP contribution in [-0.4, -0.2) is 11.2 Å². The van der Waals surface area contributed by atoms with Crippen molar-refractivity contribution in [3.63, 3.8) is 0 Å². The van der Waals surface area contributed by atoms with Crippen LogP contribution in [0.4, 0.5) is 0 Å². The first kappa shape index (κ1) is 7.37. The first-order valence-electron chi connectivity index (χ1n) is 5.36. The molecule has 0 heterocycles. The summed E-state index contributed by atoms with van der Waals surface area (Å²) in [6.45, 7) is 2.42. The van der Waals surface area contributed by atoms with E-state index in [0.717, 1.165) is 0 Å². The van der Waals surface area contributed by atoms with E-state index in [2.05, 4.69) is 6.92 Å². The molecule has 3 atom stereocenters. The van der Waals surface area contributed by atoms with Crippen LogP contribution < -0.4 is 0 Å². The van der Waals surface area contributed by atoms with Crippen LogP contribution in [-0.2, 0) is 0 Å². The van der Waals surface area contributed by atoms with E-state index >= 15 is 0 Å². The van der Waals surface area contributed by atoms with Crippen molar-refractivity contribution >= 4 is 0 Å². The van der Waals surface area contributed by atoms with E-state index in [-0.39, 0.29) is 6.10 Å². The summed E-state index contributed by atoms with van der Waals surface area (Å²) in [5.74, 6) is 0.662. The number of hydrogen-bond acceptors (Lipinski definition) is 1. The van der Waals surface area contributed by atoms with Crippen LogP contribution in [0.2, 0.25) is 0 Å². The van der Waals surface area contributed by atoms with Crippen molar-refractivity contribution in [2.75, 3.05) is 0 Å². The standard InChI is InChI=1S/C11H18O/c1-10-6-3-8(7-10)9(12)11(10)4-2-5-11/h8-9,12H,2-7H2,1H3. The Balaban J connectivity index is 2.02. The van der Waals surface area contributed by atoms with Crippen molar-refractivity contribution in [3.05, 3.63) is 0 Å². The monoisotopic (exact) mass is 166 g/mol. The number of hydrogen-bond donors (Lipinski definition) is 1. The van der Waals surface area contributed by atoms with Gasteiger partial charge in [0.1, 0.15) is 0 Å². The van der Waals surface area contributed by atoms with Gasteiger partial charge in [0, 0.05) is 5.41 Å². The molecule has 12 heavy (non-hydrogen) atoms. The molecule has 0 aromatic heterocycles. The molecule has 0 saturated heterocycles. The fourth-order valence-corrected chi connectivity index (χ4v) is 4.27. The maximum absolute atomic E-state index is 10.2. The van der Waals surface area contributed by atoms with E-state index in [1.165, 1.54) is 38.5 Å². The lowest BCUT2D eigenvalue weighted by atomic mass is 9.52. The van der Waals surface area contributed by atoms with Crippen molar-refractivity contribution in [3.8, 4) is 0 Å². The van der Waals surface area contributed by atoms with Gasteiger partial charge in [0.25, 0.3) is 0 Å². The van der Waals surface area contributed by atoms with Gasteiger partial charge in [-0.2, -0.15) is 0 Å². The summed E-state index contributed by atoms with van der Waals surface area (Å²) in [5, 5.41) is 10.2. The average molecular weight is 166 g/mol. The highest BCUT2D eigenvalue weighted by molar-refractivity contribution is 5.15. The van der Waals surface area contributed by atoms with Crippen LogP contribution in [0.15, 0.2) is 0 Å². The molecule has 3 aliphatic rings. The molecule has 0 amide bonds. The summed E-state index contributed by atoms with van der Waals surface area (Å²) in [4.78, 5) is 0. The second-order valence-electron chi connectivity index (χ2n) is 5.52. The van der Waals surface area contributed by atoms with Gasteiger partial charge >= 0.3 is 0 Å².